The minimum absolute atomic E-state index is 0.00841. The number of amides is 1. The molecule has 2 rings (SSSR count). The molecule has 0 spiro atoms. The Kier molecular flexibility index (Phi) is 12.0. The summed E-state index contributed by atoms with van der Waals surface area (Å²) in [6, 6.07) is 14.6. The summed E-state index contributed by atoms with van der Waals surface area (Å²) < 4.78 is 33.4. The first kappa shape index (κ1) is 30.3. The van der Waals surface area contributed by atoms with E-state index in [9.17, 15) is 23.1 Å². The molecule has 0 bridgehead atoms. The third-order valence-electron chi connectivity index (χ3n) is 5.95. The standard InChI is InChI=1S/C27H38N2O7S/c1-20(2)16-17-29(37(34,35)23-14-12-22(36-3)13-15-23)19-25(30)24(18-21-8-5-4-6-9-21)28-26(31)10-7-11-27(32)33/h4-6,8-9,12-15,20,24-25,30H,7,10-11,16-19H2,1-3H3,(H,28,31)(H,32,33)/t24-,25+/m0/s1. The first-order chi connectivity index (χ1) is 17.5. The fraction of sp³-hybridized carbons (Fsp3) is 0.481. The lowest BCUT2D eigenvalue weighted by molar-refractivity contribution is -0.137. The number of aliphatic carboxylic acids is 1. The Hall–Kier alpha value is -2.95. The van der Waals surface area contributed by atoms with Gasteiger partial charge in [0.2, 0.25) is 15.9 Å². The lowest BCUT2D eigenvalue weighted by atomic mass is 10.0. The Labute approximate surface area is 219 Å². The Morgan fingerprint density at radius 2 is 1.68 bits per heavy atom. The minimum Gasteiger partial charge on any atom is -0.497 e. The number of carboxylic acids is 1. The van der Waals surface area contributed by atoms with Gasteiger partial charge in [0.1, 0.15) is 5.75 Å². The van der Waals surface area contributed by atoms with Crippen molar-refractivity contribution in [3.8, 4) is 5.75 Å². The maximum atomic E-state index is 13.5. The van der Waals surface area contributed by atoms with Crippen molar-refractivity contribution in [2.75, 3.05) is 20.2 Å². The second kappa shape index (κ2) is 14.7. The van der Waals surface area contributed by atoms with Gasteiger partial charge in [0, 0.05) is 25.9 Å². The zero-order valence-electron chi connectivity index (χ0n) is 21.7. The Morgan fingerprint density at radius 3 is 2.24 bits per heavy atom. The highest BCUT2D eigenvalue weighted by Crippen LogP contribution is 2.22. The third-order valence-corrected chi connectivity index (χ3v) is 7.83. The monoisotopic (exact) mass is 534 g/mol. The van der Waals surface area contributed by atoms with Crippen LogP contribution in [0, 0.1) is 5.92 Å². The molecule has 0 saturated heterocycles. The van der Waals surface area contributed by atoms with Gasteiger partial charge in [-0.1, -0.05) is 44.2 Å². The number of aliphatic hydroxyl groups is 1. The van der Waals surface area contributed by atoms with Gasteiger partial charge in [-0.05, 0) is 55.0 Å². The molecule has 0 unspecified atom stereocenters. The van der Waals surface area contributed by atoms with Gasteiger partial charge in [0.05, 0.1) is 24.2 Å². The number of carboxylic acid groups (broad SMARTS) is 1. The minimum atomic E-state index is -3.94. The van der Waals surface area contributed by atoms with Gasteiger partial charge in [-0.2, -0.15) is 4.31 Å². The number of nitrogens with one attached hydrogen (secondary N) is 1. The zero-order valence-corrected chi connectivity index (χ0v) is 22.5. The molecule has 204 valence electrons. The van der Waals surface area contributed by atoms with Crippen LogP contribution in [-0.2, 0) is 26.0 Å². The Bertz CT molecular complexity index is 1090. The average Bonchev–Trinajstić information content (AvgIpc) is 2.86. The van der Waals surface area contributed by atoms with Crippen LogP contribution in [0.1, 0.15) is 45.1 Å². The number of sulfonamides is 1. The van der Waals surface area contributed by atoms with E-state index >= 15 is 0 Å². The summed E-state index contributed by atoms with van der Waals surface area (Å²) in [5, 5.41) is 22.9. The number of methoxy groups -OCH3 is 1. The van der Waals surface area contributed by atoms with E-state index in [2.05, 4.69) is 5.32 Å². The molecule has 2 aromatic rings. The zero-order chi connectivity index (χ0) is 27.4. The van der Waals surface area contributed by atoms with Crippen molar-refractivity contribution in [2.24, 2.45) is 5.92 Å². The number of carbonyl (C=O) groups is 2. The molecule has 2 aromatic carbocycles. The van der Waals surface area contributed by atoms with E-state index in [1.54, 1.807) is 12.1 Å². The molecule has 0 saturated carbocycles. The lowest BCUT2D eigenvalue weighted by Gasteiger charge is -2.30. The molecular weight excluding hydrogens is 496 g/mol. The van der Waals surface area contributed by atoms with Crippen LogP contribution >= 0.6 is 0 Å². The third kappa shape index (κ3) is 10.1. The van der Waals surface area contributed by atoms with Gasteiger partial charge in [-0.3, -0.25) is 9.59 Å². The summed E-state index contributed by atoms with van der Waals surface area (Å²) in [4.78, 5) is 23.4. The Morgan fingerprint density at radius 1 is 1.03 bits per heavy atom. The summed E-state index contributed by atoms with van der Waals surface area (Å²) in [6.45, 7) is 3.97. The highest BCUT2D eigenvalue weighted by molar-refractivity contribution is 7.89. The summed E-state index contributed by atoms with van der Waals surface area (Å²) in [6.07, 6.45) is -0.306. The first-order valence-corrected chi connectivity index (χ1v) is 13.8. The average molecular weight is 535 g/mol. The molecule has 0 aliphatic heterocycles. The molecule has 0 aliphatic carbocycles. The number of hydrogen-bond acceptors (Lipinski definition) is 6. The normalized spacial score (nSPS) is 13.4. The van der Waals surface area contributed by atoms with E-state index in [0.29, 0.717) is 12.2 Å². The number of rotatable bonds is 16. The van der Waals surface area contributed by atoms with E-state index in [-0.39, 0.29) is 49.6 Å². The molecule has 0 fully saturated rings. The molecule has 37 heavy (non-hydrogen) atoms. The number of aliphatic hydroxyl groups excluding tert-OH is 1. The maximum absolute atomic E-state index is 13.5. The van der Waals surface area contributed by atoms with Crippen LogP contribution in [0.15, 0.2) is 59.5 Å². The molecule has 10 heteroatoms. The predicted molar refractivity (Wildman–Crippen MR) is 141 cm³/mol. The van der Waals surface area contributed by atoms with Crippen molar-refractivity contribution in [1.82, 2.24) is 9.62 Å². The summed E-state index contributed by atoms with van der Waals surface area (Å²) >= 11 is 0. The second-order valence-electron chi connectivity index (χ2n) is 9.40. The van der Waals surface area contributed by atoms with E-state index in [4.69, 9.17) is 9.84 Å². The van der Waals surface area contributed by atoms with Gasteiger partial charge in [-0.25, -0.2) is 8.42 Å². The van der Waals surface area contributed by atoms with Crippen LogP contribution in [-0.4, -0.2) is 67.2 Å². The van der Waals surface area contributed by atoms with Gasteiger partial charge < -0.3 is 20.3 Å². The van der Waals surface area contributed by atoms with Crippen LogP contribution < -0.4 is 10.1 Å². The lowest BCUT2D eigenvalue weighted by Crippen LogP contribution is -2.50. The van der Waals surface area contributed by atoms with Crippen LogP contribution in [0.4, 0.5) is 0 Å². The van der Waals surface area contributed by atoms with E-state index < -0.39 is 34.0 Å². The SMILES string of the molecule is COc1ccc(S(=O)(=O)N(CCC(C)C)C[C@@H](O)[C@H](Cc2ccccc2)NC(=O)CCCC(=O)O)cc1. The van der Waals surface area contributed by atoms with E-state index in [1.807, 2.05) is 44.2 Å². The summed E-state index contributed by atoms with van der Waals surface area (Å²) in [7, 11) is -2.44. The van der Waals surface area contributed by atoms with Crippen molar-refractivity contribution < 1.29 is 33.0 Å². The van der Waals surface area contributed by atoms with Crippen molar-refractivity contribution in [1.29, 1.82) is 0 Å². The predicted octanol–water partition coefficient (Wildman–Crippen LogP) is 3.08. The van der Waals surface area contributed by atoms with Crippen molar-refractivity contribution in [3.05, 3.63) is 60.2 Å². The largest absolute Gasteiger partial charge is 0.497 e. The fourth-order valence-electron chi connectivity index (χ4n) is 3.77. The molecule has 0 radical (unpaired) electrons. The summed E-state index contributed by atoms with van der Waals surface area (Å²) in [5.74, 6) is -0.618. The van der Waals surface area contributed by atoms with Crippen LogP contribution in [0.5, 0.6) is 5.75 Å². The van der Waals surface area contributed by atoms with Crippen molar-refractivity contribution in [3.63, 3.8) is 0 Å². The molecule has 9 nitrogen and oxygen atoms in total. The van der Waals surface area contributed by atoms with Crippen molar-refractivity contribution >= 4 is 21.9 Å². The maximum Gasteiger partial charge on any atom is 0.303 e. The first-order valence-electron chi connectivity index (χ1n) is 12.4. The number of nitrogens with zero attached hydrogens (tertiary/aromatic N) is 1. The molecule has 2 atom stereocenters. The molecule has 1 amide bonds. The highest BCUT2D eigenvalue weighted by Gasteiger charge is 2.31. The quantitative estimate of drug-likeness (QED) is 0.301. The molecule has 0 aliphatic rings. The van der Waals surface area contributed by atoms with Crippen LogP contribution in [0.25, 0.3) is 0 Å². The smallest absolute Gasteiger partial charge is 0.303 e. The van der Waals surface area contributed by atoms with Crippen molar-refractivity contribution in [2.45, 2.75) is 63.0 Å². The highest BCUT2D eigenvalue weighted by atomic mass is 32.2. The molecular formula is C27H38N2O7S. The van der Waals surface area contributed by atoms with Gasteiger partial charge in [-0.15, -0.1) is 0 Å². The van der Waals surface area contributed by atoms with E-state index in [0.717, 1.165) is 5.56 Å². The molecule has 3 N–H and O–H groups in total. The van der Waals surface area contributed by atoms with Gasteiger partial charge >= 0.3 is 5.97 Å². The van der Waals surface area contributed by atoms with E-state index in [1.165, 1.54) is 23.5 Å². The Balaban J connectivity index is 2.26. The number of hydrogen-bond donors (Lipinski definition) is 3. The summed E-state index contributed by atoms with van der Waals surface area (Å²) in [5.41, 5.74) is 0.865. The van der Waals surface area contributed by atoms with Crippen LogP contribution in [0.3, 0.4) is 0 Å². The number of benzene rings is 2. The molecule has 0 aromatic heterocycles. The van der Waals surface area contributed by atoms with Gasteiger partial charge in [0.15, 0.2) is 0 Å². The fourth-order valence-corrected chi connectivity index (χ4v) is 5.25. The number of carbonyl (C=O) groups excluding carboxylic acids is 1. The molecule has 0 heterocycles. The van der Waals surface area contributed by atoms with Crippen LogP contribution in [0.2, 0.25) is 0 Å². The second-order valence-corrected chi connectivity index (χ2v) is 11.3. The van der Waals surface area contributed by atoms with Gasteiger partial charge in [0.25, 0.3) is 0 Å². The number of ether oxygens (including phenoxy) is 1. The topological polar surface area (TPSA) is 133 Å².